The molecule has 324 valence electrons. The highest BCUT2D eigenvalue weighted by Crippen LogP contribution is 2.53. The van der Waals surface area contributed by atoms with E-state index in [1.165, 1.54) is 13.8 Å². The highest BCUT2D eigenvalue weighted by molar-refractivity contribution is 6.34. The lowest BCUT2D eigenvalue weighted by Crippen LogP contribution is -2.61. The first-order valence-electron chi connectivity index (χ1n) is 20.7. The maximum atomic E-state index is 14.2. The number of aryl methyl sites for hydroxylation is 1. The van der Waals surface area contributed by atoms with Crippen LogP contribution in [0.4, 0.5) is 0 Å². The molecular weight excluding hydrogens is 815 g/mol. The zero-order valence-corrected chi connectivity index (χ0v) is 36.0. The number of ether oxygens (including phenoxy) is 6. The number of hydrogen-bond donors (Lipinski definition) is 1. The molecule has 2 aromatic carbocycles. The molecule has 1 aromatic heterocycles. The predicted octanol–water partition coefficient (Wildman–Crippen LogP) is 7.51. The van der Waals surface area contributed by atoms with Gasteiger partial charge in [-0.3, -0.25) is 24.2 Å². The number of halogens is 2. The van der Waals surface area contributed by atoms with Gasteiger partial charge >= 0.3 is 17.9 Å². The summed E-state index contributed by atoms with van der Waals surface area (Å²) < 4.78 is 35.1. The van der Waals surface area contributed by atoms with E-state index in [4.69, 9.17) is 51.6 Å². The van der Waals surface area contributed by atoms with Crippen LogP contribution in [0.3, 0.4) is 0 Å². The van der Waals surface area contributed by atoms with Crippen molar-refractivity contribution in [1.82, 2.24) is 9.88 Å². The van der Waals surface area contributed by atoms with Gasteiger partial charge in [-0.05, 0) is 98.7 Å². The Morgan fingerprint density at radius 2 is 1.50 bits per heavy atom. The van der Waals surface area contributed by atoms with E-state index in [2.05, 4.69) is 11.1 Å². The molecule has 1 N–H and O–H groups in total. The summed E-state index contributed by atoms with van der Waals surface area (Å²) in [4.78, 5) is 56.4. The number of esters is 3. The number of carbonyl (C=O) groups is 4. The van der Waals surface area contributed by atoms with Crippen LogP contribution in [-0.4, -0.2) is 89.2 Å². The lowest BCUT2D eigenvalue weighted by Gasteiger charge is -2.44. The number of pyridine rings is 1. The third kappa shape index (κ3) is 11.6. The van der Waals surface area contributed by atoms with Gasteiger partial charge in [0, 0.05) is 80.0 Å². The molecule has 2 saturated carbocycles. The van der Waals surface area contributed by atoms with Crippen LogP contribution in [0.5, 0.6) is 5.75 Å². The van der Waals surface area contributed by atoms with Crippen LogP contribution in [0.15, 0.2) is 54.9 Å². The summed E-state index contributed by atoms with van der Waals surface area (Å²) in [5.74, 6) is -2.43. The van der Waals surface area contributed by atoms with Gasteiger partial charge in [-0.2, -0.15) is 0 Å². The molecular formula is C45H54Cl2N2O11. The fourth-order valence-electron chi connectivity index (χ4n) is 7.64. The minimum Gasteiger partial charge on any atom is -0.490 e. The molecule has 60 heavy (non-hydrogen) atoms. The van der Waals surface area contributed by atoms with Crippen molar-refractivity contribution >= 4 is 47.0 Å². The van der Waals surface area contributed by atoms with Gasteiger partial charge in [-0.15, -0.1) is 0 Å². The topological polar surface area (TPSA) is 160 Å². The van der Waals surface area contributed by atoms with Crippen molar-refractivity contribution in [3.63, 3.8) is 0 Å². The molecule has 6 rings (SSSR count). The number of carbonyl (C=O) groups excluding carboxylic acids is 4. The Hall–Kier alpha value is -4.27. The molecule has 0 spiro atoms. The summed E-state index contributed by atoms with van der Waals surface area (Å²) in [5.41, 5.74) is 4.21. The van der Waals surface area contributed by atoms with Crippen LogP contribution in [0, 0.1) is 5.92 Å². The Labute approximate surface area is 360 Å². The fraction of sp³-hybridized carbons (Fsp3) is 0.533. The standard InChI is InChI=1S/C45H54Cl2N2O11/c1-27-40(56-28(2)51)42(57-29(3)52)44(58-30(4)53)60-41(27)43(54)49(21-9-10-22-50)20-8-7-11-31-23-38(47)32(24-37(31)46)26-55-45(17-18-45)36-25-48-19-16-34(36)35-12-5-6-13-39(35)59-33-14-15-33/h5-6,12-13,16,19,23-25,27,33,40-42,44,50H,7-11,14-15,17-18,20-22,26H2,1-4H3/t27-,40-,41-,42+,44+/m0/s1. The molecule has 1 aliphatic heterocycles. The van der Waals surface area contributed by atoms with Gasteiger partial charge in [-0.1, -0.05) is 48.3 Å². The highest BCUT2D eigenvalue weighted by atomic mass is 35.5. The van der Waals surface area contributed by atoms with E-state index in [1.54, 1.807) is 18.0 Å². The van der Waals surface area contributed by atoms with Crippen molar-refractivity contribution in [3.05, 3.63) is 81.6 Å². The second-order valence-electron chi connectivity index (χ2n) is 15.8. The minimum atomic E-state index is -1.49. The van der Waals surface area contributed by atoms with Gasteiger partial charge < -0.3 is 38.4 Å². The molecule has 3 fully saturated rings. The van der Waals surface area contributed by atoms with Gasteiger partial charge in [0.2, 0.25) is 12.4 Å². The number of rotatable bonds is 20. The van der Waals surface area contributed by atoms with Gasteiger partial charge in [0.25, 0.3) is 5.91 Å². The molecule has 1 amide bonds. The number of aliphatic hydroxyl groups is 1. The SMILES string of the molecule is CC(=O)O[C@@H]1O[C@H](C(=O)N(CCCCO)CCCCc2cc(Cl)c(COC3(c4cnccc4-c4ccccc4OC4CC4)CC3)cc2Cl)[C@@H](C)[C@H](OC(C)=O)[C@H]1OC(C)=O. The Morgan fingerprint density at radius 3 is 2.17 bits per heavy atom. The average molecular weight is 870 g/mol. The molecule has 15 heteroatoms. The summed E-state index contributed by atoms with van der Waals surface area (Å²) in [7, 11) is 0. The molecule has 3 aliphatic rings. The third-order valence-electron chi connectivity index (χ3n) is 11.0. The smallest absolute Gasteiger partial charge is 0.305 e. The monoisotopic (exact) mass is 868 g/mol. The predicted molar refractivity (Wildman–Crippen MR) is 222 cm³/mol. The maximum absolute atomic E-state index is 14.2. The fourth-order valence-corrected chi connectivity index (χ4v) is 8.16. The van der Waals surface area contributed by atoms with Crippen LogP contribution in [0.25, 0.3) is 11.1 Å². The lowest BCUT2D eigenvalue weighted by molar-refractivity contribution is -0.278. The van der Waals surface area contributed by atoms with Crippen LogP contribution in [-0.2, 0) is 61.5 Å². The molecule has 2 aliphatic carbocycles. The number of aliphatic hydroxyl groups excluding tert-OH is 1. The molecule has 5 atom stereocenters. The van der Waals surface area contributed by atoms with Crippen molar-refractivity contribution in [2.24, 2.45) is 5.92 Å². The Morgan fingerprint density at radius 1 is 0.850 bits per heavy atom. The first kappa shape index (κ1) is 45.3. The van der Waals surface area contributed by atoms with E-state index < -0.39 is 59.9 Å². The highest BCUT2D eigenvalue weighted by Gasteiger charge is 2.52. The Kier molecular flexibility index (Phi) is 15.5. The average Bonchev–Trinajstić information content (AvgIpc) is 4.16. The van der Waals surface area contributed by atoms with Crippen LogP contribution < -0.4 is 4.74 Å². The molecule has 13 nitrogen and oxygen atoms in total. The third-order valence-corrected chi connectivity index (χ3v) is 11.7. The van der Waals surface area contributed by atoms with Crippen molar-refractivity contribution in [2.75, 3.05) is 19.7 Å². The van der Waals surface area contributed by atoms with Crippen LogP contribution in [0.1, 0.15) is 95.8 Å². The van der Waals surface area contributed by atoms with E-state index in [0.717, 1.165) is 66.2 Å². The normalized spacial score (nSPS) is 21.8. The quantitative estimate of drug-likeness (QED) is 0.0678. The number of amides is 1. The molecule has 0 radical (unpaired) electrons. The van der Waals surface area contributed by atoms with E-state index in [9.17, 15) is 24.3 Å². The number of unbranched alkanes of at least 4 members (excludes halogenated alkanes) is 2. The molecule has 0 bridgehead atoms. The second kappa shape index (κ2) is 20.5. The van der Waals surface area contributed by atoms with Gasteiger partial charge in [-0.25, -0.2) is 0 Å². The van der Waals surface area contributed by atoms with Gasteiger partial charge in [0.1, 0.15) is 11.9 Å². The second-order valence-corrected chi connectivity index (χ2v) is 16.6. The summed E-state index contributed by atoms with van der Waals surface area (Å²) >= 11 is 13.7. The lowest BCUT2D eigenvalue weighted by atomic mass is 9.89. The van der Waals surface area contributed by atoms with E-state index in [-0.39, 0.29) is 19.3 Å². The van der Waals surface area contributed by atoms with Gasteiger partial charge in [0.05, 0.1) is 18.3 Å². The number of aromatic nitrogens is 1. The molecule has 0 unspecified atom stereocenters. The van der Waals surface area contributed by atoms with Gasteiger partial charge in [0.15, 0.2) is 6.10 Å². The number of benzene rings is 2. The summed E-state index contributed by atoms with van der Waals surface area (Å²) in [5, 5.41) is 10.6. The first-order chi connectivity index (χ1) is 28.8. The van der Waals surface area contributed by atoms with Crippen molar-refractivity contribution in [1.29, 1.82) is 0 Å². The first-order valence-corrected chi connectivity index (χ1v) is 21.4. The molecule has 1 saturated heterocycles. The van der Waals surface area contributed by atoms with E-state index in [0.29, 0.717) is 55.2 Å². The summed E-state index contributed by atoms with van der Waals surface area (Å²) in [6, 6.07) is 13.8. The molecule has 2 heterocycles. The van der Waals surface area contributed by atoms with Crippen LogP contribution >= 0.6 is 23.2 Å². The number of para-hydroxylation sites is 1. The van der Waals surface area contributed by atoms with Crippen molar-refractivity contribution in [3.8, 4) is 16.9 Å². The van der Waals surface area contributed by atoms with Crippen LogP contribution in [0.2, 0.25) is 10.0 Å². The zero-order chi connectivity index (χ0) is 43.0. The van der Waals surface area contributed by atoms with E-state index in [1.807, 2.05) is 42.6 Å². The Bertz CT molecular complexity index is 2010. The minimum absolute atomic E-state index is 0.0401. The molecule has 3 aromatic rings. The van der Waals surface area contributed by atoms with Crippen molar-refractivity contribution in [2.45, 2.75) is 128 Å². The largest absolute Gasteiger partial charge is 0.490 e. The number of nitrogens with zero attached hydrogens (tertiary/aromatic N) is 2. The van der Waals surface area contributed by atoms with E-state index >= 15 is 0 Å². The zero-order valence-electron chi connectivity index (χ0n) is 34.5. The summed E-state index contributed by atoms with van der Waals surface area (Å²) in [6.07, 6.45) is 5.53. The maximum Gasteiger partial charge on any atom is 0.305 e. The summed E-state index contributed by atoms with van der Waals surface area (Å²) in [6.45, 7) is 6.05. The Balaban J connectivity index is 1.09. The van der Waals surface area contributed by atoms with Crippen molar-refractivity contribution < 1.29 is 52.7 Å². The number of hydrogen-bond acceptors (Lipinski definition) is 12.